The number of hydrogen-bond acceptors (Lipinski definition) is 4. The molecule has 1 aromatic rings. The van der Waals surface area contributed by atoms with Crippen LogP contribution in [0.25, 0.3) is 0 Å². The smallest absolute Gasteiger partial charge is 0.243 e. The Kier molecular flexibility index (Phi) is 4.43. The van der Waals surface area contributed by atoms with Gasteiger partial charge in [-0.25, -0.2) is 8.42 Å². The second kappa shape index (κ2) is 5.92. The Morgan fingerprint density at radius 2 is 2.20 bits per heavy atom. The van der Waals surface area contributed by atoms with E-state index in [1.54, 1.807) is 19.1 Å². The Bertz CT molecular complexity index is 634. The SMILES string of the molecule is Cc1ccc(C#N)cc1S(=O)(=O)N1CCCCC1CO. The lowest BCUT2D eigenvalue weighted by Gasteiger charge is -2.33. The Morgan fingerprint density at radius 1 is 1.45 bits per heavy atom. The van der Waals surface area contributed by atoms with Gasteiger partial charge in [0.15, 0.2) is 0 Å². The molecule has 1 unspecified atom stereocenters. The summed E-state index contributed by atoms with van der Waals surface area (Å²) in [5.74, 6) is 0. The van der Waals surface area contributed by atoms with Gasteiger partial charge in [-0.15, -0.1) is 0 Å². The molecule has 6 heteroatoms. The van der Waals surface area contributed by atoms with Crippen LogP contribution in [-0.2, 0) is 10.0 Å². The van der Waals surface area contributed by atoms with Gasteiger partial charge >= 0.3 is 0 Å². The van der Waals surface area contributed by atoms with Gasteiger partial charge in [0.1, 0.15) is 0 Å². The fourth-order valence-electron chi connectivity index (χ4n) is 2.55. The molecule has 2 rings (SSSR count). The van der Waals surface area contributed by atoms with E-state index in [1.165, 1.54) is 10.4 Å². The average Bonchev–Trinajstić information content (AvgIpc) is 2.47. The molecule has 0 saturated carbocycles. The molecule has 108 valence electrons. The van der Waals surface area contributed by atoms with Crippen LogP contribution in [0.15, 0.2) is 23.1 Å². The zero-order valence-corrected chi connectivity index (χ0v) is 12.2. The zero-order valence-electron chi connectivity index (χ0n) is 11.4. The van der Waals surface area contributed by atoms with Gasteiger partial charge in [0.2, 0.25) is 10.0 Å². The normalized spacial score (nSPS) is 20.6. The predicted molar refractivity (Wildman–Crippen MR) is 74.5 cm³/mol. The highest BCUT2D eigenvalue weighted by Crippen LogP contribution is 2.27. The average molecular weight is 294 g/mol. The molecule has 1 N–H and O–H groups in total. The predicted octanol–water partition coefficient (Wildman–Crippen LogP) is 1.40. The lowest BCUT2D eigenvalue weighted by Crippen LogP contribution is -2.45. The third kappa shape index (κ3) is 2.70. The topological polar surface area (TPSA) is 81.4 Å². The maximum absolute atomic E-state index is 12.8. The number of sulfonamides is 1. The molecule has 1 saturated heterocycles. The largest absolute Gasteiger partial charge is 0.395 e. The quantitative estimate of drug-likeness (QED) is 0.913. The third-order valence-electron chi connectivity index (χ3n) is 3.69. The fraction of sp³-hybridized carbons (Fsp3) is 0.500. The van der Waals surface area contributed by atoms with Crippen LogP contribution in [0.2, 0.25) is 0 Å². The maximum atomic E-state index is 12.8. The molecule has 1 atom stereocenters. The monoisotopic (exact) mass is 294 g/mol. The number of aryl methyl sites for hydroxylation is 1. The summed E-state index contributed by atoms with van der Waals surface area (Å²) in [6.45, 7) is 1.96. The second-order valence-electron chi connectivity index (χ2n) is 5.04. The first-order valence-electron chi connectivity index (χ1n) is 6.64. The first kappa shape index (κ1) is 15.0. The van der Waals surface area contributed by atoms with E-state index in [2.05, 4.69) is 0 Å². The van der Waals surface area contributed by atoms with Gasteiger partial charge in [0.25, 0.3) is 0 Å². The number of aliphatic hydroxyl groups is 1. The molecule has 0 aliphatic carbocycles. The first-order chi connectivity index (χ1) is 9.50. The van der Waals surface area contributed by atoms with Crippen LogP contribution in [0.1, 0.15) is 30.4 Å². The van der Waals surface area contributed by atoms with Crippen molar-refractivity contribution in [3.8, 4) is 6.07 Å². The van der Waals surface area contributed by atoms with E-state index in [4.69, 9.17) is 5.26 Å². The van der Waals surface area contributed by atoms with E-state index in [0.29, 0.717) is 24.1 Å². The van der Waals surface area contributed by atoms with Crippen LogP contribution in [0.4, 0.5) is 0 Å². The van der Waals surface area contributed by atoms with Crippen LogP contribution in [0.5, 0.6) is 0 Å². The van der Waals surface area contributed by atoms with Gasteiger partial charge < -0.3 is 5.11 Å². The van der Waals surface area contributed by atoms with Crippen LogP contribution in [0.3, 0.4) is 0 Å². The molecule has 0 aromatic heterocycles. The zero-order chi connectivity index (χ0) is 14.8. The number of benzene rings is 1. The molecule has 1 aromatic carbocycles. The summed E-state index contributed by atoms with van der Waals surface area (Å²) in [5, 5.41) is 18.3. The first-order valence-corrected chi connectivity index (χ1v) is 8.08. The van der Waals surface area contributed by atoms with Crippen molar-refractivity contribution in [1.82, 2.24) is 4.31 Å². The molecule has 1 aliphatic rings. The van der Waals surface area contributed by atoms with Crippen molar-refractivity contribution >= 4 is 10.0 Å². The van der Waals surface area contributed by atoms with Gasteiger partial charge in [-0.1, -0.05) is 12.5 Å². The van der Waals surface area contributed by atoms with Gasteiger partial charge in [-0.05, 0) is 37.5 Å². The molecule has 0 spiro atoms. The summed E-state index contributed by atoms with van der Waals surface area (Å²) in [7, 11) is -3.66. The Morgan fingerprint density at radius 3 is 2.85 bits per heavy atom. The molecular weight excluding hydrogens is 276 g/mol. The van der Waals surface area contributed by atoms with Crippen LogP contribution in [0, 0.1) is 18.3 Å². The molecule has 1 fully saturated rings. The van der Waals surface area contributed by atoms with Crippen molar-refractivity contribution in [2.75, 3.05) is 13.2 Å². The summed E-state index contributed by atoms with van der Waals surface area (Å²) in [4.78, 5) is 0.164. The van der Waals surface area contributed by atoms with Crippen molar-refractivity contribution in [2.24, 2.45) is 0 Å². The van der Waals surface area contributed by atoms with Crippen molar-refractivity contribution in [1.29, 1.82) is 5.26 Å². The Hall–Kier alpha value is -1.42. The lowest BCUT2D eigenvalue weighted by atomic mass is 10.1. The third-order valence-corrected chi connectivity index (χ3v) is 5.78. The number of rotatable bonds is 3. The Balaban J connectivity index is 2.46. The molecule has 20 heavy (non-hydrogen) atoms. The molecule has 1 heterocycles. The molecule has 0 amide bonds. The number of nitrogens with zero attached hydrogens (tertiary/aromatic N) is 2. The maximum Gasteiger partial charge on any atom is 0.243 e. The van der Waals surface area contributed by atoms with Crippen molar-refractivity contribution < 1.29 is 13.5 Å². The van der Waals surface area contributed by atoms with Crippen LogP contribution >= 0.6 is 0 Å². The highest BCUT2D eigenvalue weighted by molar-refractivity contribution is 7.89. The number of nitriles is 1. The molecular formula is C14H18N2O3S. The van der Waals surface area contributed by atoms with E-state index >= 15 is 0 Å². The number of hydrogen-bond donors (Lipinski definition) is 1. The van der Waals surface area contributed by atoms with E-state index in [9.17, 15) is 13.5 Å². The lowest BCUT2D eigenvalue weighted by molar-refractivity contribution is 0.155. The molecule has 5 nitrogen and oxygen atoms in total. The number of aliphatic hydroxyl groups excluding tert-OH is 1. The Labute approximate surface area is 119 Å². The summed E-state index contributed by atoms with van der Waals surface area (Å²) in [5.41, 5.74) is 0.943. The van der Waals surface area contributed by atoms with Gasteiger partial charge in [-0.2, -0.15) is 9.57 Å². The van der Waals surface area contributed by atoms with Gasteiger partial charge in [0.05, 0.1) is 23.1 Å². The van der Waals surface area contributed by atoms with E-state index in [1.807, 2.05) is 6.07 Å². The minimum atomic E-state index is -3.66. The minimum absolute atomic E-state index is 0.164. The van der Waals surface area contributed by atoms with E-state index in [-0.39, 0.29) is 17.5 Å². The molecule has 1 aliphatic heterocycles. The fourth-order valence-corrected chi connectivity index (χ4v) is 4.48. The van der Waals surface area contributed by atoms with Crippen molar-refractivity contribution in [3.63, 3.8) is 0 Å². The minimum Gasteiger partial charge on any atom is -0.395 e. The van der Waals surface area contributed by atoms with Gasteiger partial charge in [0, 0.05) is 12.6 Å². The van der Waals surface area contributed by atoms with Crippen LogP contribution in [-0.4, -0.2) is 37.0 Å². The van der Waals surface area contributed by atoms with Crippen LogP contribution < -0.4 is 0 Å². The highest BCUT2D eigenvalue weighted by atomic mass is 32.2. The second-order valence-corrected chi connectivity index (χ2v) is 6.90. The standard InChI is InChI=1S/C14H18N2O3S/c1-11-5-6-12(9-15)8-14(11)20(18,19)16-7-3-2-4-13(16)10-17/h5-6,8,13,17H,2-4,7,10H2,1H3. The number of piperidine rings is 1. The van der Waals surface area contributed by atoms with Crippen molar-refractivity contribution in [2.45, 2.75) is 37.1 Å². The summed E-state index contributed by atoms with van der Waals surface area (Å²) in [6.07, 6.45) is 2.40. The highest BCUT2D eigenvalue weighted by Gasteiger charge is 2.33. The van der Waals surface area contributed by atoms with Crippen molar-refractivity contribution in [3.05, 3.63) is 29.3 Å². The van der Waals surface area contributed by atoms with Gasteiger partial charge in [-0.3, -0.25) is 0 Å². The summed E-state index contributed by atoms with van der Waals surface area (Å²) in [6, 6.07) is 6.26. The van der Waals surface area contributed by atoms with E-state index in [0.717, 1.165) is 12.8 Å². The molecule has 0 radical (unpaired) electrons. The van der Waals surface area contributed by atoms with E-state index < -0.39 is 10.0 Å². The molecule has 0 bridgehead atoms. The summed E-state index contributed by atoms with van der Waals surface area (Å²) < 4.78 is 26.9. The summed E-state index contributed by atoms with van der Waals surface area (Å²) >= 11 is 0.